The molecular formula is C18H16ClN3O3. The van der Waals surface area contributed by atoms with Crippen molar-refractivity contribution in [1.29, 1.82) is 0 Å². The molecule has 0 saturated heterocycles. The maximum atomic E-state index is 12.6. The van der Waals surface area contributed by atoms with Crippen LogP contribution >= 0.6 is 11.6 Å². The van der Waals surface area contributed by atoms with E-state index < -0.39 is 5.97 Å². The lowest BCUT2D eigenvalue weighted by atomic mass is 10.2. The number of carbonyl (C=O) groups excluding carboxylic acids is 2. The molecule has 7 heteroatoms. The van der Waals surface area contributed by atoms with Gasteiger partial charge in [0.1, 0.15) is 11.3 Å². The molecule has 1 amide bonds. The number of esters is 1. The Morgan fingerprint density at radius 2 is 1.96 bits per heavy atom. The van der Waals surface area contributed by atoms with Gasteiger partial charge in [0.05, 0.1) is 17.9 Å². The van der Waals surface area contributed by atoms with Gasteiger partial charge in [-0.15, -0.1) is 0 Å². The van der Waals surface area contributed by atoms with Crippen LogP contribution in [-0.4, -0.2) is 27.9 Å². The van der Waals surface area contributed by atoms with E-state index in [9.17, 15) is 9.59 Å². The molecule has 3 aromatic rings. The summed E-state index contributed by atoms with van der Waals surface area (Å²) in [5.41, 5.74) is 2.64. The number of fused-ring (bicyclic) bond motifs is 1. The number of hydrogen-bond donors (Lipinski definition) is 1. The lowest BCUT2D eigenvalue weighted by Gasteiger charge is -2.07. The molecule has 25 heavy (non-hydrogen) atoms. The van der Waals surface area contributed by atoms with Crippen molar-refractivity contribution in [1.82, 2.24) is 9.38 Å². The molecule has 0 aliphatic heterocycles. The first kappa shape index (κ1) is 17.0. The van der Waals surface area contributed by atoms with Crippen molar-refractivity contribution >= 4 is 34.8 Å². The normalized spacial score (nSPS) is 10.7. The summed E-state index contributed by atoms with van der Waals surface area (Å²) >= 11 is 5.96. The molecule has 3 rings (SSSR count). The van der Waals surface area contributed by atoms with E-state index in [2.05, 4.69) is 10.3 Å². The molecule has 2 heterocycles. The summed E-state index contributed by atoms with van der Waals surface area (Å²) < 4.78 is 6.62. The molecule has 0 fully saturated rings. The molecule has 0 radical (unpaired) electrons. The van der Waals surface area contributed by atoms with E-state index in [-0.39, 0.29) is 5.91 Å². The average molecular weight is 358 g/mol. The Morgan fingerprint density at radius 3 is 2.64 bits per heavy atom. The Bertz CT molecular complexity index is 948. The molecule has 2 aromatic heterocycles. The number of benzene rings is 1. The summed E-state index contributed by atoms with van der Waals surface area (Å²) in [6, 6.07) is 9.91. The number of ether oxygens (including phenoxy) is 1. The molecule has 0 unspecified atom stereocenters. The number of imidazole rings is 1. The minimum Gasteiger partial charge on any atom is -0.462 e. The van der Waals surface area contributed by atoms with Crippen molar-refractivity contribution in [3.05, 3.63) is 64.6 Å². The Morgan fingerprint density at radius 1 is 1.24 bits per heavy atom. The van der Waals surface area contributed by atoms with E-state index in [0.717, 1.165) is 0 Å². The van der Waals surface area contributed by atoms with Crippen LogP contribution in [0.3, 0.4) is 0 Å². The Kier molecular flexibility index (Phi) is 4.72. The minimum absolute atomic E-state index is 0.295. The summed E-state index contributed by atoms with van der Waals surface area (Å²) in [6.45, 7) is 3.83. The second kappa shape index (κ2) is 6.94. The van der Waals surface area contributed by atoms with Gasteiger partial charge in [0.15, 0.2) is 0 Å². The van der Waals surface area contributed by atoms with Crippen LogP contribution in [0, 0.1) is 6.92 Å². The zero-order valence-electron chi connectivity index (χ0n) is 13.7. The van der Waals surface area contributed by atoms with Crippen LogP contribution in [0.1, 0.15) is 33.5 Å². The van der Waals surface area contributed by atoms with Gasteiger partial charge in [-0.3, -0.25) is 9.20 Å². The zero-order chi connectivity index (χ0) is 18.0. The van der Waals surface area contributed by atoms with E-state index in [0.29, 0.717) is 39.9 Å². The highest BCUT2D eigenvalue weighted by molar-refractivity contribution is 6.30. The van der Waals surface area contributed by atoms with Crippen molar-refractivity contribution in [2.45, 2.75) is 13.8 Å². The number of nitrogens with zero attached hydrogens (tertiary/aromatic N) is 2. The van der Waals surface area contributed by atoms with Crippen LogP contribution in [0.25, 0.3) is 5.65 Å². The number of amides is 1. The predicted octanol–water partition coefficient (Wildman–Crippen LogP) is 3.73. The molecule has 1 aromatic carbocycles. The van der Waals surface area contributed by atoms with Crippen LogP contribution in [-0.2, 0) is 4.74 Å². The third-order valence-electron chi connectivity index (χ3n) is 3.63. The third kappa shape index (κ3) is 3.49. The standard InChI is InChI=1S/C18H16ClN3O3/c1-3-25-18(24)12-4-6-14(7-5-12)21-17(23)16-11(2)20-15-10-13(19)8-9-22(15)16/h4-10H,3H2,1-2H3,(H,21,23). The second-order valence-corrected chi connectivity index (χ2v) is 5.81. The Hall–Kier alpha value is -2.86. The van der Waals surface area contributed by atoms with Gasteiger partial charge in [-0.2, -0.15) is 0 Å². The summed E-state index contributed by atoms with van der Waals surface area (Å²) in [4.78, 5) is 28.6. The van der Waals surface area contributed by atoms with E-state index in [1.807, 2.05) is 0 Å². The maximum Gasteiger partial charge on any atom is 0.338 e. The highest BCUT2D eigenvalue weighted by Crippen LogP contribution is 2.18. The van der Waals surface area contributed by atoms with Gasteiger partial charge in [-0.05, 0) is 44.2 Å². The summed E-state index contributed by atoms with van der Waals surface area (Å²) in [5.74, 6) is -0.689. The summed E-state index contributed by atoms with van der Waals surface area (Å²) in [6.07, 6.45) is 1.70. The van der Waals surface area contributed by atoms with Crippen molar-refractivity contribution in [2.24, 2.45) is 0 Å². The fraction of sp³-hybridized carbons (Fsp3) is 0.167. The van der Waals surface area contributed by atoms with Gasteiger partial charge in [0, 0.05) is 23.0 Å². The number of aryl methyl sites for hydroxylation is 1. The first-order valence-electron chi connectivity index (χ1n) is 7.72. The van der Waals surface area contributed by atoms with Crippen LogP contribution < -0.4 is 5.32 Å². The molecule has 0 bridgehead atoms. The van der Waals surface area contributed by atoms with Gasteiger partial charge in [0.25, 0.3) is 5.91 Å². The lowest BCUT2D eigenvalue weighted by Crippen LogP contribution is -2.15. The quantitative estimate of drug-likeness (QED) is 0.722. The van der Waals surface area contributed by atoms with E-state index in [4.69, 9.17) is 16.3 Å². The number of halogens is 1. The number of aromatic nitrogens is 2. The van der Waals surface area contributed by atoms with Crippen molar-refractivity contribution in [3.63, 3.8) is 0 Å². The van der Waals surface area contributed by atoms with E-state index >= 15 is 0 Å². The summed E-state index contributed by atoms with van der Waals surface area (Å²) in [7, 11) is 0. The van der Waals surface area contributed by atoms with Crippen LogP contribution in [0.4, 0.5) is 5.69 Å². The SMILES string of the molecule is CCOC(=O)c1ccc(NC(=O)c2c(C)nc3cc(Cl)ccn23)cc1. The monoisotopic (exact) mass is 357 g/mol. The van der Waals surface area contributed by atoms with E-state index in [1.54, 1.807) is 60.8 Å². The predicted molar refractivity (Wildman–Crippen MR) is 95.3 cm³/mol. The largest absolute Gasteiger partial charge is 0.462 e. The number of carbonyl (C=O) groups is 2. The molecular weight excluding hydrogens is 342 g/mol. The van der Waals surface area contributed by atoms with Gasteiger partial charge in [-0.1, -0.05) is 11.6 Å². The first-order valence-corrected chi connectivity index (χ1v) is 8.10. The molecule has 0 aliphatic carbocycles. The fourth-order valence-electron chi connectivity index (χ4n) is 2.51. The maximum absolute atomic E-state index is 12.6. The average Bonchev–Trinajstić information content (AvgIpc) is 2.90. The Labute approximate surface area is 149 Å². The number of hydrogen-bond acceptors (Lipinski definition) is 4. The van der Waals surface area contributed by atoms with Gasteiger partial charge < -0.3 is 10.1 Å². The highest BCUT2D eigenvalue weighted by atomic mass is 35.5. The third-order valence-corrected chi connectivity index (χ3v) is 3.87. The number of rotatable bonds is 4. The van der Waals surface area contributed by atoms with Gasteiger partial charge in [-0.25, -0.2) is 9.78 Å². The number of nitrogens with one attached hydrogen (secondary N) is 1. The Balaban J connectivity index is 1.83. The highest BCUT2D eigenvalue weighted by Gasteiger charge is 2.17. The number of anilines is 1. The zero-order valence-corrected chi connectivity index (χ0v) is 14.5. The molecule has 0 spiro atoms. The van der Waals surface area contributed by atoms with Crippen LogP contribution in [0.15, 0.2) is 42.6 Å². The van der Waals surface area contributed by atoms with Crippen LogP contribution in [0.2, 0.25) is 5.02 Å². The number of pyridine rings is 1. The second-order valence-electron chi connectivity index (χ2n) is 5.37. The molecule has 0 aliphatic rings. The molecule has 1 N–H and O–H groups in total. The molecule has 6 nitrogen and oxygen atoms in total. The topological polar surface area (TPSA) is 72.7 Å². The summed E-state index contributed by atoms with van der Waals surface area (Å²) in [5, 5.41) is 3.36. The lowest BCUT2D eigenvalue weighted by molar-refractivity contribution is 0.0526. The van der Waals surface area contributed by atoms with Gasteiger partial charge >= 0.3 is 5.97 Å². The van der Waals surface area contributed by atoms with Crippen molar-refractivity contribution < 1.29 is 14.3 Å². The van der Waals surface area contributed by atoms with Gasteiger partial charge in [0.2, 0.25) is 0 Å². The molecule has 0 saturated carbocycles. The van der Waals surface area contributed by atoms with E-state index in [1.165, 1.54) is 0 Å². The van der Waals surface area contributed by atoms with Crippen LogP contribution in [0.5, 0.6) is 0 Å². The van der Waals surface area contributed by atoms with Crippen molar-refractivity contribution in [3.8, 4) is 0 Å². The fourth-order valence-corrected chi connectivity index (χ4v) is 2.66. The molecule has 0 atom stereocenters. The first-order chi connectivity index (χ1) is 12.0. The van der Waals surface area contributed by atoms with Crippen molar-refractivity contribution in [2.75, 3.05) is 11.9 Å². The minimum atomic E-state index is -0.394. The molecule has 128 valence electrons. The smallest absolute Gasteiger partial charge is 0.338 e.